The zero-order chi connectivity index (χ0) is 43.2. The van der Waals surface area contributed by atoms with E-state index >= 15 is 0 Å². The zero-order valence-corrected chi connectivity index (χ0v) is 34.4. The van der Waals surface area contributed by atoms with Gasteiger partial charge >= 0.3 is 5.97 Å². The first-order valence-electron chi connectivity index (χ1n) is 21.9. The van der Waals surface area contributed by atoms with E-state index in [0.29, 0.717) is 56.3 Å². The molecule has 0 radical (unpaired) electrons. The molecule has 0 amide bonds. The number of aldehydes is 2. The molecule has 3 aliphatic carbocycles. The molecule has 4 aliphatic rings. The molecule has 7 rings (SSSR count). The Morgan fingerprint density at radius 2 is 1.80 bits per heavy atom. The van der Waals surface area contributed by atoms with Crippen molar-refractivity contribution in [2.75, 3.05) is 18.5 Å². The van der Waals surface area contributed by atoms with Crippen LogP contribution in [0.15, 0.2) is 77.5 Å². The minimum absolute atomic E-state index is 0.0113. The Bertz CT molecular complexity index is 2090. The summed E-state index contributed by atoms with van der Waals surface area (Å²) in [5, 5.41) is 70.9. The van der Waals surface area contributed by atoms with Crippen molar-refractivity contribution in [2.45, 2.75) is 112 Å². The molecule has 3 aromatic rings. The predicted molar refractivity (Wildman–Crippen MR) is 232 cm³/mol. The van der Waals surface area contributed by atoms with Gasteiger partial charge in [-0.15, -0.1) is 0 Å². The number of aromatic amines is 1. The number of aliphatic hydroxyl groups excluding tert-OH is 5. The van der Waals surface area contributed by atoms with Gasteiger partial charge in [-0.25, -0.2) is 9.79 Å². The lowest BCUT2D eigenvalue weighted by molar-refractivity contribution is -0.131. The highest BCUT2D eigenvalue weighted by Crippen LogP contribution is 2.62. The number of carboxylic acid groups (broad SMARTS) is 1. The summed E-state index contributed by atoms with van der Waals surface area (Å²) in [6.45, 7) is -0.650. The van der Waals surface area contributed by atoms with Crippen LogP contribution >= 0.6 is 0 Å². The quantitative estimate of drug-likeness (QED) is 0.0419. The number of carboxylic acids is 1. The highest BCUT2D eigenvalue weighted by Gasteiger charge is 2.54. The summed E-state index contributed by atoms with van der Waals surface area (Å²) < 4.78 is 0. The van der Waals surface area contributed by atoms with Crippen LogP contribution in [-0.4, -0.2) is 110 Å². The van der Waals surface area contributed by atoms with Crippen molar-refractivity contribution >= 4 is 41.1 Å². The van der Waals surface area contributed by atoms with E-state index in [1.807, 2.05) is 18.2 Å². The van der Waals surface area contributed by atoms with Crippen LogP contribution in [0.3, 0.4) is 0 Å². The number of H-pyrrole nitrogens is 1. The minimum Gasteiger partial charge on any atom is -0.478 e. The predicted octanol–water partition coefficient (Wildman–Crippen LogP) is 3.68. The highest BCUT2D eigenvalue weighted by molar-refractivity contribution is 5.86. The third-order valence-electron chi connectivity index (χ3n) is 14.0. The van der Waals surface area contributed by atoms with Gasteiger partial charge in [0.25, 0.3) is 0 Å². The first-order chi connectivity index (χ1) is 29.5. The van der Waals surface area contributed by atoms with Gasteiger partial charge < -0.3 is 61.6 Å². The maximum absolute atomic E-state index is 12.8. The van der Waals surface area contributed by atoms with Gasteiger partial charge in [0, 0.05) is 31.2 Å². The summed E-state index contributed by atoms with van der Waals surface area (Å²) in [7, 11) is 0. The SMILES string of the molecule is NC1=NC(C(=CC(=O)O)C(Nc2ccc[nH]2)C2CCC3c4cc5ccc(CC=O)cc5cc4C4C(CCC(O)CCC(C=O)CCCO)C=CC3C24)CC(C(O)C(O)CO)N1. The van der Waals surface area contributed by atoms with E-state index in [2.05, 4.69) is 52.0 Å². The molecule has 2 heterocycles. The molecule has 61 heavy (non-hydrogen) atoms. The van der Waals surface area contributed by atoms with Crippen LogP contribution in [0.5, 0.6) is 0 Å². The van der Waals surface area contributed by atoms with Crippen molar-refractivity contribution in [3.63, 3.8) is 0 Å². The van der Waals surface area contributed by atoms with E-state index in [0.717, 1.165) is 41.7 Å². The van der Waals surface area contributed by atoms with E-state index in [9.17, 15) is 45.0 Å². The molecule has 13 atom stereocenters. The lowest BCUT2D eigenvalue weighted by atomic mass is 9.48. The van der Waals surface area contributed by atoms with E-state index in [4.69, 9.17) is 10.7 Å². The zero-order valence-electron chi connectivity index (χ0n) is 34.4. The number of aliphatic hydroxyl groups is 5. The highest BCUT2D eigenvalue weighted by atomic mass is 16.4. The number of carbonyl (C=O) groups excluding carboxylic acids is 2. The Hall–Kier alpha value is -4.86. The van der Waals surface area contributed by atoms with Crippen molar-refractivity contribution in [3.05, 3.63) is 89.2 Å². The van der Waals surface area contributed by atoms with Crippen LogP contribution in [0, 0.1) is 29.6 Å². The molecule has 1 aromatic heterocycles. The van der Waals surface area contributed by atoms with Crippen LogP contribution in [-0.2, 0) is 20.8 Å². The molecule has 13 unspecified atom stereocenters. The lowest BCUT2D eigenvalue weighted by Gasteiger charge is -2.57. The topological polar surface area (TPSA) is 251 Å². The third-order valence-corrected chi connectivity index (χ3v) is 14.0. The van der Waals surface area contributed by atoms with E-state index < -0.39 is 49.0 Å². The standard InChI is InChI=1S/C47H61N5O9/c48-47-50-38(23-39(51-47)46(61)40(58)25-56)37(22-42(59)60)45(52-41-4-1-16-49-41)34-14-13-32-33-12-9-28(8-11-31(57)10-6-27(24-55)3-2-17-53)43(44(33)34)36-21-30-19-26(15-18-54)5-7-29(30)20-35(32)36/h1,4-5,7,9,12,16,18-22,24,27-28,31-34,38-40,43-46,49,52-53,56-58,61H,2-3,6,8,10-11,13-15,17,23,25H2,(H,59,60)(H3,48,50,51). The van der Waals surface area contributed by atoms with Crippen molar-refractivity contribution in [2.24, 2.45) is 40.3 Å². The first kappa shape index (κ1) is 44.2. The fourth-order valence-electron chi connectivity index (χ4n) is 11.1. The Balaban J connectivity index is 1.29. The average Bonchev–Trinajstić information content (AvgIpc) is 3.78. The van der Waals surface area contributed by atoms with Crippen molar-refractivity contribution in [1.29, 1.82) is 0 Å². The summed E-state index contributed by atoms with van der Waals surface area (Å²) in [5.41, 5.74) is 10.3. The van der Waals surface area contributed by atoms with Gasteiger partial charge in [0.05, 0.1) is 30.8 Å². The second kappa shape index (κ2) is 19.9. The molecule has 1 fully saturated rings. The molecular weight excluding hydrogens is 779 g/mol. The van der Waals surface area contributed by atoms with E-state index in [1.165, 1.54) is 17.2 Å². The Morgan fingerprint density at radius 1 is 0.984 bits per heavy atom. The molecule has 11 N–H and O–H groups in total. The second-order valence-corrected chi connectivity index (χ2v) is 17.6. The molecule has 1 aliphatic heterocycles. The number of nitrogens with one attached hydrogen (secondary N) is 3. The average molecular weight is 840 g/mol. The smallest absolute Gasteiger partial charge is 0.328 e. The van der Waals surface area contributed by atoms with Gasteiger partial charge in [0.2, 0.25) is 0 Å². The maximum Gasteiger partial charge on any atom is 0.328 e. The second-order valence-electron chi connectivity index (χ2n) is 17.6. The van der Waals surface area contributed by atoms with E-state index in [1.54, 1.807) is 6.20 Å². The molecule has 1 saturated carbocycles. The van der Waals surface area contributed by atoms with Gasteiger partial charge in [0.1, 0.15) is 30.6 Å². The molecule has 14 nitrogen and oxygen atoms in total. The normalized spacial score (nSPS) is 28.1. The van der Waals surface area contributed by atoms with Gasteiger partial charge in [-0.3, -0.25) is 0 Å². The number of guanidine groups is 1. The monoisotopic (exact) mass is 839 g/mol. The fraction of sp³-hybridized carbons (Fsp3) is 0.532. The number of hydrogen-bond donors (Lipinski definition) is 10. The minimum atomic E-state index is -1.45. The molecule has 328 valence electrons. The summed E-state index contributed by atoms with van der Waals surface area (Å²) in [5.74, 6) is -0.450. The van der Waals surface area contributed by atoms with Crippen LogP contribution in [0.2, 0.25) is 0 Å². The number of aliphatic carboxylic acids is 1. The number of carbonyl (C=O) groups is 3. The van der Waals surface area contributed by atoms with Gasteiger partial charge in [-0.1, -0.05) is 42.5 Å². The number of fused-ring (bicyclic) bond motifs is 4. The number of aromatic nitrogens is 1. The molecule has 0 saturated heterocycles. The number of aliphatic imine (C=N–C) groups is 1. The number of anilines is 1. The first-order valence-corrected chi connectivity index (χ1v) is 21.9. The number of rotatable bonds is 21. The van der Waals surface area contributed by atoms with Crippen molar-refractivity contribution in [1.82, 2.24) is 10.3 Å². The van der Waals surface area contributed by atoms with Crippen LogP contribution in [0.25, 0.3) is 10.8 Å². The van der Waals surface area contributed by atoms with Crippen molar-refractivity contribution < 1.29 is 45.0 Å². The van der Waals surface area contributed by atoms with Crippen LogP contribution in [0.1, 0.15) is 86.3 Å². The Morgan fingerprint density at radius 3 is 2.52 bits per heavy atom. The van der Waals surface area contributed by atoms with Gasteiger partial charge in [0.15, 0.2) is 5.96 Å². The molecule has 4 bridgehead atoms. The van der Waals surface area contributed by atoms with E-state index in [-0.39, 0.29) is 60.4 Å². The lowest BCUT2D eigenvalue weighted by Crippen LogP contribution is -2.57. The number of hydrogen-bond acceptors (Lipinski definition) is 12. The third kappa shape index (κ3) is 9.79. The van der Waals surface area contributed by atoms with Gasteiger partial charge in [-0.2, -0.15) is 0 Å². The molecule has 14 heteroatoms. The molecule has 0 spiro atoms. The van der Waals surface area contributed by atoms with Crippen molar-refractivity contribution in [3.8, 4) is 0 Å². The fourth-order valence-corrected chi connectivity index (χ4v) is 11.1. The maximum atomic E-state index is 12.8. The number of allylic oxidation sites excluding steroid dienone is 2. The Labute approximate surface area is 356 Å². The van der Waals surface area contributed by atoms with Crippen LogP contribution < -0.4 is 16.4 Å². The number of nitrogens with zero attached hydrogens (tertiary/aromatic N) is 1. The molecular formula is C47H61N5O9. The van der Waals surface area contributed by atoms with Crippen LogP contribution in [0.4, 0.5) is 5.82 Å². The summed E-state index contributed by atoms with van der Waals surface area (Å²) in [6, 6.07) is 12.4. The summed E-state index contributed by atoms with van der Waals surface area (Å²) in [4.78, 5) is 44.0. The molecule has 2 aromatic carbocycles. The summed E-state index contributed by atoms with van der Waals surface area (Å²) in [6.07, 6.45) is 11.4. The number of nitrogens with two attached hydrogens (primary N) is 1. The Kier molecular flexibility index (Phi) is 14.4. The largest absolute Gasteiger partial charge is 0.478 e. The number of benzene rings is 2. The summed E-state index contributed by atoms with van der Waals surface area (Å²) >= 11 is 0. The van der Waals surface area contributed by atoms with Gasteiger partial charge in [-0.05, 0) is 138 Å².